The van der Waals surface area contributed by atoms with E-state index in [1.165, 1.54) is 74.9 Å². The summed E-state index contributed by atoms with van der Waals surface area (Å²) in [4.78, 5) is 116. The number of methoxy groups -OCH3 is 1. The number of hydrogen-bond donors (Lipinski definition) is 2. The van der Waals surface area contributed by atoms with Crippen LogP contribution >= 0.6 is 0 Å². The van der Waals surface area contributed by atoms with Gasteiger partial charge < -0.3 is 34.8 Å². The van der Waals surface area contributed by atoms with Gasteiger partial charge in [0.1, 0.15) is 31.7 Å². The van der Waals surface area contributed by atoms with Crippen molar-refractivity contribution < 1.29 is 43.2 Å². The van der Waals surface area contributed by atoms with Gasteiger partial charge in [-0.05, 0) is 24.3 Å². The topological polar surface area (TPSA) is 205 Å². The van der Waals surface area contributed by atoms with Gasteiger partial charge in [-0.1, -0.05) is 43.4 Å². The maximum atomic E-state index is 14.1. The molecular formula is C33H34N6O11. The summed E-state index contributed by atoms with van der Waals surface area (Å²) in [5.41, 5.74) is -1.87. The molecule has 0 spiro atoms. The minimum absolute atomic E-state index is 0.121. The van der Waals surface area contributed by atoms with Gasteiger partial charge in [-0.3, -0.25) is 38.4 Å². The van der Waals surface area contributed by atoms with Crippen LogP contribution in [0.25, 0.3) is 0 Å². The predicted octanol–water partition coefficient (Wildman–Crippen LogP) is -1.40. The Bertz CT molecular complexity index is 1950. The zero-order valence-corrected chi connectivity index (χ0v) is 27.5. The van der Waals surface area contributed by atoms with Crippen LogP contribution < -0.4 is 31.4 Å². The Kier molecular flexibility index (Phi) is 11.8. The fourth-order valence-corrected chi connectivity index (χ4v) is 5.07. The first-order valence-electron chi connectivity index (χ1n) is 15.0. The number of aromatic nitrogens is 2. The number of nitrogens with one attached hydrogen (secondary N) is 2. The lowest BCUT2D eigenvalue weighted by Gasteiger charge is -2.33. The Morgan fingerprint density at radius 1 is 0.700 bits per heavy atom. The molecule has 0 fully saturated rings. The minimum Gasteiger partial charge on any atom is -0.413 e. The third-order valence-corrected chi connectivity index (χ3v) is 7.67. The normalized spacial score (nSPS) is 16.6. The molecule has 4 rings (SSSR count). The molecule has 2 N–H and O–H groups in total. The molecule has 4 amide bonds. The van der Waals surface area contributed by atoms with Crippen molar-refractivity contribution in [1.82, 2.24) is 29.9 Å². The number of amides is 4. The number of ether oxygens (including phenoxy) is 1. The first-order chi connectivity index (χ1) is 23.9. The minimum atomic E-state index is -1.31. The molecule has 0 bridgehead atoms. The van der Waals surface area contributed by atoms with Gasteiger partial charge in [0.05, 0.1) is 25.6 Å². The van der Waals surface area contributed by atoms with Crippen LogP contribution in [0.1, 0.15) is 27.9 Å². The SMILES string of the molecule is COC1C(=O)C=CC=C1C(=O)N(CNC(=O)C1=CC=CC(=O)C1C)CN(CNC(=O)c1cccc(=O)n1OC)C(=O)c1cccc(=O)n1OC. The van der Waals surface area contributed by atoms with Crippen molar-refractivity contribution in [2.24, 2.45) is 5.92 Å². The summed E-state index contributed by atoms with van der Waals surface area (Å²) in [6.45, 7) is -0.295. The molecule has 50 heavy (non-hydrogen) atoms. The molecule has 17 nitrogen and oxygen atoms in total. The molecule has 262 valence electrons. The Hall–Kier alpha value is -6.36. The molecule has 2 unspecified atom stereocenters. The summed E-state index contributed by atoms with van der Waals surface area (Å²) in [6.07, 6.45) is 6.78. The summed E-state index contributed by atoms with van der Waals surface area (Å²) in [5.74, 6) is -4.90. The highest BCUT2D eigenvalue weighted by atomic mass is 16.7. The number of allylic oxidation sites excluding steroid dienone is 5. The Morgan fingerprint density at radius 2 is 1.22 bits per heavy atom. The molecule has 2 heterocycles. The summed E-state index contributed by atoms with van der Waals surface area (Å²) in [7, 11) is 3.56. The molecule has 0 saturated heterocycles. The number of pyridine rings is 2. The van der Waals surface area contributed by atoms with E-state index in [1.807, 2.05) is 0 Å². The lowest BCUT2D eigenvalue weighted by atomic mass is 9.91. The van der Waals surface area contributed by atoms with Crippen molar-refractivity contribution in [2.75, 3.05) is 41.3 Å². The van der Waals surface area contributed by atoms with E-state index in [0.717, 1.165) is 33.8 Å². The predicted molar refractivity (Wildman–Crippen MR) is 174 cm³/mol. The van der Waals surface area contributed by atoms with E-state index in [4.69, 9.17) is 14.4 Å². The smallest absolute Gasteiger partial charge is 0.283 e. The number of ketones is 2. The molecular weight excluding hydrogens is 656 g/mol. The van der Waals surface area contributed by atoms with E-state index in [-0.39, 0.29) is 28.3 Å². The van der Waals surface area contributed by atoms with E-state index < -0.39 is 72.6 Å². The number of carbonyl (C=O) groups is 6. The third-order valence-electron chi connectivity index (χ3n) is 7.67. The molecule has 0 aliphatic heterocycles. The average molecular weight is 691 g/mol. The zero-order valence-electron chi connectivity index (χ0n) is 27.5. The summed E-state index contributed by atoms with van der Waals surface area (Å²) in [5, 5.41) is 5.07. The van der Waals surface area contributed by atoms with Gasteiger partial charge in [0, 0.05) is 30.7 Å². The monoisotopic (exact) mass is 690 g/mol. The molecule has 2 aromatic rings. The van der Waals surface area contributed by atoms with Gasteiger partial charge in [-0.25, -0.2) is 0 Å². The number of nitrogens with zero attached hydrogens (tertiary/aromatic N) is 4. The van der Waals surface area contributed by atoms with Crippen LogP contribution in [0, 0.1) is 5.92 Å². The van der Waals surface area contributed by atoms with E-state index in [9.17, 15) is 38.4 Å². The maximum absolute atomic E-state index is 14.1. The molecule has 2 aliphatic carbocycles. The van der Waals surface area contributed by atoms with E-state index in [2.05, 4.69) is 10.6 Å². The van der Waals surface area contributed by atoms with Gasteiger partial charge in [-0.2, -0.15) is 0 Å². The number of carbonyl (C=O) groups excluding carboxylic acids is 6. The lowest BCUT2D eigenvalue weighted by Crippen LogP contribution is -2.54. The second-order valence-electron chi connectivity index (χ2n) is 10.7. The van der Waals surface area contributed by atoms with Gasteiger partial charge >= 0.3 is 0 Å². The lowest BCUT2D eigenvalue weighted by molar-refractivity contribution is -0.134. The fraction of sp³-hybridized carbons (Fsp3) is 0.273. The van der Waals surface area contributed by atoms with Crippen LogP contribution in [-0.2, 0) is 23.9 Å². The molecule has 2 aromatic heterocycles. The first kappa shape index (κ1) is 36.5. The molecule has 0 radical (unpaired) electrons. The van der Waals surface area contributed by atoms with Gasteiger partial charge in [0.2, 0.25) is 5.91 Å². The summed E-state index contributed by atoms with van der Waals surface area (Å²) < 4.78 is 6.68. The van der Waals surface area contributed by atoms with Crippen molar-refractivity contribution in [3.63, 3.8) is 0 Å². The van der Waals surface area contributed by atoms with Crippen LogP contribution in [0.4, 0.5) is 0 Å². The van der Waals surface area contributed by atoms with Gasteiger partial charge in [0.25, 0.3) is 28.8 Å². The third kappa shape index (κ3) is 7.84. The van der Waals surface area contributed by atoms with Gasteiger partial charge in [-0.15, -0.1) is 9.46 Å². The highest BCUT2D eigenvalue weighted by Crippen LogP contribution is 2.19. The average Bonchev–Trinajstić information content (AvgIpc) is 3.11. The summed E-state index contributed by atoms with van der Waals surface area (Å²) in [6, 6.07) is 7.50. The van der Waals surface area contributed by atoms with Crippen LogP contribution in [0.5, 0.6) is 0 Å². The molecule has 2 atom stereocenters. The van der Waals surface area contributed by atoms with Crippen molar-refractivity contribution in [3.05, 3.63) is 116 Å². The van der Waals surface area contributed by atoms with Crippen molar-refractivity contribution >= 4 is 35.2 Å². The quantitative estimate of drug-likeness (QED) is 0.234. The second-order valence-corrected chi connectivity index (χ2v) is 10.7. The maximum Gasteiger partial charge on any atom is 0.283 e. The molecule has 17 heteroatoms. The van der Waals surface area contributed by atoms with Crippen LogP contribution in [0.3, 0.4) is 0 Å². The van der Waals surface area contributed by atoms with Crippen molar-refractivity contribution in [3.8, 4) is 0 Å². The number of rotatable bonds is 13. The summed E-state index contributed by atoms with van der Waals surface area (Å²) >= 11 is 0. The number of hydrogen-bond acceptors (Lipinski definition) is 11. The van der Waals surface area contributed by atoms with Gasteiger partial charge in [0.15, 0.2) is 11.6 Å². The van der Waals surface area contributed by atoms with E-state index in [0.29, 0.717) is 4.73 Å². The Balaban J connectivity index is 1.73. The molecule has 0 saturated carbocycles. The zero-order chi connectivity index (χ0) is 36.5. The van der Waals surface area contributed by atoms with Crippen molar-refractivity contribution in [1.29, 1.82) is 0 Å². The van der Waals surface area contributed by atoms with Crippen molar-refractivity contribution in [2.45, 2.75) is 13.0 Å². The Labute approximate surface area is 284 Å². The first-order valence-corrected chi connectivity index (χ1v) is 15.0. The van der Waals surface area contributed by atoms with E-state index >= 15 is 0 Å². The van der Waals surface area contributed by atoms with Crippen LogP contribution in [0.2, 0.25) is 0 Å². The molecule has 0 aromatic carbocycles. The van der Waals surface area contributed by atoms with E-state index in [1.54, 1.807) is 6.92 Å². The highest BCUT2D eigenvalue weighted by molar-refractivity contribution is 6.08. The Morgan fingerprint density at radius 3 is 1.82 bits per heavy atom. The largest absolute Gasteiger partial charge is 0.413 e. The molecule has 2 aliphatic rings. The fourth-order valence-electron chi connectivity index (χ4n) is 5.07. The standard InChI is InChI=1S/C33H34N6O11/c1-20-21(9-5-13-25(20)40)30(44)34-17-36(32(46)22-10-6-14-26(41)29(22)48-2)19-37(33(47)24-12-8-16-28(43)39(24)50-4)18-35-31(45)23-11-7-15-27(42)38(23)49-3/h5-16,20,29H,17-19H2,1-4H3,(H,34,44)(H,35,45). The van der Waals surface area contributed by atoms with Crippen LogP contribution in [-0.4, -0.2) is 102 Å². The van der Waals surface area contributed by atoms with Crippen LogP contribution in [0.15, 0.2) is 93.6 Å². The second kappa shape index (κ2) is 16.2. The highest BCUT2D eigenvalue weighted by Gasteiger charge is 2.34.